The number of ether oxygens (including phenoxy) is 1. The zero-order valence-electron chi connectivity index (χ0n) is 39.0. The highest BCUT2D eigenvalue weighted by atomic mass is 19.3. The number of carboxylic acids is 3. The first-order chi connectivity index (χ1) is 33.5. The van der Waals surface area contributed by atoms with Gasteiger partial charge in [0.2, 0.25) is 11.8 Å². The van der Waals surface area contributed by atoms with Crippen molar-refractivity contribution in [2.45, 2.75) is 50.8 Å². The summed E-state index contributed by atoms with van der Waals surface area (Å²) in [6.07, 6.45) is 4.75. The molecule has 5 heterocycles. The lowest BCUT2D eigenvalue weighted by molar-refractivity contribution is -0.140. The third-order valence-corrected chi connectivity index (χ3v) is 12.5. The number of amides is 3. The molecule has 6 rings (SSSR count). The van der Waals surface area contributed by atoms with E-state index in [4.69, 9.17) is 4.74 Å². The van der Waals surface area contributed by atoms with E-state index >= 15 is 0 Å². The number of benzene rings is 1. The number of rotatable bonds is 20. The van der Waals surface area contributed by atoms with Gasteiger partial charge in [-0.1, -0.05) is 5.21 Å². The Balaban J connectivity index is 1.05. The minimum Gasteiger partial charge on any atom is -0.487 e. The molecule has 3 saturated heterocycles. The second kappa shape index (κ2) is 25.4. The van der Waals surface area contributed by atoms with E-state index in [0.29, 0.717) is 74.6 Å². The summed E-state index contributed by atoms with van der Waals surface area (Å²) in [5, 5.41) is 52.7. The zero-order chi connectivity index (χ0) is 50.2. The van der Waals surface area contributed by atoms with Crippen molar-refractivity contribution in [3.63, 3.8) is 0 Å². The van der Waals surface area contributed by atoms with Crippen LogP contribution in [0.4, 0.5) is 8.78 Å². The molecule has 23 nitrogen and oxygen atoms in total. The van der Waals surface area contributed by atoms with Gasteiger partial charge in [0, 0.05) is 90.0 Å². The van der Waals surface area contributed by atoms with Crippen LogP contribution in [0.2, 0.25) is 0 Å². The van der Waals surface area contributed by atoms with Crippen molar-refractivity contribution in [3.05, 3.63) is 47.9 Å². The number of aliphatic carboxylic acids is 3. The standard InChI is InChI=1S/C45H61F2N13O10/c46-45(47)21-34(22-48)60(31-45)39(61)23-51-44(69)36-6-9-50-38-3-2-35(20-37(36)38)70-30-33-25-59(53-52-33)11-1-10-58(24-32-4-7-49-8-5-32)40(62)26-54-12-14-55(27-41(63)64)16-18-57(29-43(67)68)19-17-56(15-13-54)28-42(65)66/h2-3,6,9,20,25,32,34,49H,1,4-5,7-8,10-19,21,23-24,26-31H2,(H,51,69)(H,63,64)(H,65,66)(H,67,68)/t34-/m0/s1. The van der Waals surface area contributed by atoms with Crippen LogP contribution in [0.25, 0.3) is 10.9 Å². The summed E-state index contributed by atoms with van der Waals surface area (Å²) in [7, 11) is 0. The monoisotopic (exact) mass is 981 g/mol. The number of carbonyl (C=O) groups excluding carboxylic acids is 3. The van der Waals surface area contributed by atoms with Crippen LogP contribution in [0.5, 0.6) is 5.75 Å². The number of carboxylic acid groups (broad SMARTS) is 3. The van der Waals surface area contributed by atoms with E-state index in [9.17, 15) is 58.1 Å². The number of hydrogen-bond donors (Lipinski definition) is 5. The molecule has 3 fully saturated rings. The summed E-state index contributed by atoms with van der Waals surface area (Å²) in [6.45, 7) is 3.21. The van der Waals surface area contributed by atoms with Crippen molar-refractivity contribution in [1.29, 1.82) is 5.26 Å². The van der Waals surface area contributed by atoms with Crippen LogP contribution in [0, 0.1) is 17.2 Å². The average molecular weight is 982 g/mol. The number of fused-ring (bicyclic) bond motifs is 1. The Hall–Kier alpha value is -6.46. The third-order valence-electron chi connectivity index (χ3n) is 12.5. The number of carbonyl (C=O) groups is 6. The summed E-state index contributed by atoms with van der Waals surface area (Å²) >= 11 is 0. The number of likely N-dealkylation sites (tertiary alicyclic amines) is 1. The molecular weight excluding hydrogens is 921 g/mol. The summed E-state index contributed by atoms with van der Waals surface area (Å²) in [5.41, 5.74) is 1.14. The van der Waals surface area contributed by atoms with Gasteiger partial charge in [0.15, 0.2) is 0 Å². The fourth-order valence-electron chi connectivity index (χ4n) is 8.82. The number of hydrogen-bond acceptors (Lipinski definition) is 16. The Morgan fingerprint density at radius 3 is 2.06 bits per heavy atom. The second-order valence-electron chi connectivity index (χ2n) is 17.9. The van der Waals surface area contributed by atoms with Crippen molar-refractivity contribution in [2.75, 3.05) is 118 Å². The lowest BCUT2D eigenvalue weighted by Crippen LogP contribution is -2.50. The van der Waals surface area contributed by atoms with Crippen molar-refractivity contribution in [2.24, 2.45) is 5.92 Å². The number of piperidine rings is 1. The van der Waals surface area contributed by atoms with Crippen LogP contribution >= 0.6 is 0 Å². The first-order valence-electron chi connectivity index (χ1n) is 23.3. The minimum atomic E-state index is -3.19. The largest absolute Gasteiger partial charge is 0.487 e. The predicted octanol–water partition coefficient (Wildman–Crippen LogP) is -0.411. The molecule has 380 valence electrons. The van der Waals surface area contributed by atoms with E-state index in [0.717, 1.165) is 30.8 Å². The molecule has 3 aliphatic heterocycles. The molecule has 0 unspecified atom stereocenters. The molecule has 0 bridgehead atoms. The van der Waals surface area contributed by atoms with Gasteiger partial charge in [-0.2, -0.15) is 5.26 Å². The first-order valence-corrected chi connectivity index (χ1v) is 23.3. The Bertz CT molecular complexity index is 2310. The van der Waals surface area contributed by atoms with Gasteiger partial charge in [-0.3, -0.25) is 58.0 Å². The van der Waals surface area contributed by atoms with E-state index in [1.165, 1.54) is 12.3 Å². The number of pyridine rings is 1. The lowest BCUT2D eigenvalue weighted by atomic mass is 9.97. The lowest BCUT2D eigenvalue weighted by Gasteiger charge is -2.34. The molecule has 0 aliphatic carbocycles. The Labute approximate surface area is 402 Å². The van der Waals surface area contributed by atoms with Crippen LogP contribution in [0.1, 0.15) is 41.7 Å². The van der Waals surface area contributed by atoms with E-state index in [1.54, 1.807) is 49.8 Å². The Morgan fingerprint density at radius 1 is 0.871 bits per heavy atom. The van der Waals surface area contributed by atoms with Crippen molar-refractivity contribution in [3.8, 4) is 11.8 Å². The van der Waals surface area contributed by atoms with Crippen LogP contribution in [-0.2, 0) is 37.1 Å². The van der Waals surface area contributed by atoms with Crippen molar-refractivity contribution in [1.82, 2.24) is 60.0 Å². The molecule has 1 aromatic carbocycles. The number of aromatic nitrogens is 4. The van der Waals surface area contributed by atoms with Crippen LogP contribution in [0.3, 0.4) is 0 Å². The quantitative estimate of drug-likeness (QED) is 0.0962. The number of alkyl halides is 2. The van der Waals surface area contributed by atoms with Gasteiger partial charge < -0.3 is 40.5 Å². The van der Waals surface area contributed by atoms with Gasteiger partial charge in [-0.15, -0.1) is 5.10 Å². The maximum absolute atomic E-state index is 14.2. The van der Waals surface area contributed by atoms with Crippen molar-refractivity contribution < 1.29 is 57.6 Å². The highest BCUT2D eigenvalue weighted by Gasteiger charge is 2.47. The molecule has 25 heteroatoms. The molecule has 3 aromatic rings. The van der Waals surface area contributed by atoms with Gasteiger partial charge in [0.1, 0.15) is 24.1 Å². The van der Waals surface area contributed by atoms with E-state index in [2.05, 4.69) is 25.9 Å². The van der Waals surface area contributed by atoms with Crippen LogP contribution in [0.15, 0.2) is 36.7 Å². The highest BCUT2D eigenvalue weighted by Crippen LogP contribution is 2.31. The van der Waals surface area contributed by atoms with Crippen LogP contribution < -0.4 is 15.4 Å². The molecule has 2 aromatic heterocycles. The fourth-order valence-corrected chi connectivity index (χ4v) is 8.82. The fraction of sp³-hybridized carbons (Fsp3) is 0.600. The third kappa shape index (κ3) is 16.3. The number of halogens is 2. The molecular formula is C45H61F2N13O10. The summed E-state index contributed by atoms with van der Waals surface area (Å²) in [5.74, 6) is -7.17. The second-order valence-corrected chi connectivity index (χ2v) is 17.9. The summed E-state index contributed by atoms with van der Waals surface area (Å²) < 4.78 is 35.5. The molecule has 70 heavy (non-hydrogen) atoms. The SMILES string of the molecule is N#C[C@@H]1CC(F)(F)CN1C(=O)CNC(=O)c1ccnc2ccc(OCc3cn(CCCN(CC4CCNCC4)C(=O)CN4CCN(CC(=O)O)CCN(CC(=O)O)CCN(CC(=O)O)CC4)nn3)cc12. The Morgan fingerprint density at radius 2 is 1.47 bits per heavy atom. The molecule has 0 radical (unpaired) electrons. The Kier molecular flexibility index (Phi) is 19.2. The molecule has 5 N–H and O–H groups in total. The maximum Gasteiger partial charge on any atom is 0.317 e. The molecule has 1 atom stereocenters. The smallest absolute Gasteiger partial charge is 0.317 e. The summed E-state index contributed by atoms with van der Waals surface area (Å²) in [6, 6.07) is 6.82. The molecule has 0 spiro atoms. The first kappa shape index (κ1) is 52.9. The topological polar surface area (TPSA) is 283 Å². The average Bonchev–Trinajstić information content (AvgIpc) is 3.92. The highest BCUT2D eigenvalue weighted by molar-refractivity contribution is 6.07. The van der Waals surface area contributed by atoms with Crippen LogP contribution in [-0.4, -0.2) is 230 Å². The number of nitriles is 1. The number of aryl methyl sites for hydroxylation is 1. The normalized spacial score (nSPS) is 19.2. The molecule has 3 aliphatic rings. The zero-order valence-corrected chi connectivity index (χ0v) is 39.0. The minimum absolute atomic E-state index is 0.0207. The van der Waals surface area contributed by atoms with Gasteiger partial charge in [0.25, 0.3) is 11.8 Å². The summed E-state index contributed by atoms with van der Waals surface area (Å²) in [4.78, 5) is 89.3. The van der Waals surface area contributed by atoms with Crippen molar-refractivity contribution >= 4 is 46.5 Å². The van der Waals surface area contributed by atoms with Gasteiger partial charge >= 0.3 is 17.9 Å². The number of nitrogens with one attached hydrogen (secondary N) is 2. The number of nitrogens with zero attached hydrogens (tertiary/aromatic N) is 11. The van der Waals surface area contributed by atoms with E-state index in [1.807, 2.05) is 9.80 Å². The van der Waals surface area contributed by atoms with E-state index in [-0.39, 0.29) is 76.4 Å². The molecule has 0 saturated carbocycles. The molecule has 3 amide bonds. The van der Waals surface area contributed by atoms with Gasteiger partial charge in [-0.25, -0.2) is 8.78 Å². The van der Waals surface area contributed by atoms with Gasteiger partial charge in [-0.05, 0) is 62.5 Å². The maximum atomic E-state index is 14.2. The van der Waals surface area contributed by atoms with E-state index < -0.39 is 61.2 Å². The predicted molar refractivity (Wildman–Crippen MR) is 245 cm³/mol. The van der Waals surface area contributed by atoms with Gasteiger partial charge in [0.05, 0.1) is 62.6 Å².